The van der Waals surface area contributed by atoms with Crippen LogP contribution in [0.25, 0.3) is 0 Å². The van der Waals surface area contributed by atoms with E-state index in [0.29, 0.717) is 4.90 Å². The molecule has 0 spiro atoms. The molecule has 1 amide bonds. The number of halogens is 3. The van der Waals surface area contributed by atoms with E-state index in [4.69, 9.17) is 10.4 Å². The van der Waals surface area contributed by atoms with Crippen molar-refractivity contribution in [2.75, 3.05) is 13.1 Å². The lowest BCUT2D eigenvalue weighted by Crippen LogP contribution is -2.61. The molecule has 16 heavy (non-hydrogen) atoms. The highest BCUT2D eigenvalue weighted by atomic mass is 19.4. The molecule has 0 bridgehead atoms. The average Bonchev–Trinajstić information content (AvgIpc) is 2.07. The lowest BCUT2D eigenvalue weighted by atomic mass is 9.78. The molecule has 1 N–H and O–H groups in total. The molecule has 1 aliphatic rings. The summed E-state index contributed by atoms with van der Waals surface area (Å²) >= 11 is 0. The maximum atomic E-state index is 11.9. The Bertz CT molecular complexity index is 366. The molecule has 8 heteroatoms. The molecule has 1 rings (SSSR count). The smallest absolute Gasteiger partial charge is 0.471 e. The number of nitriles is 1. The zero-order valence-corrected chi connectivity index (χ0v) is 7.91. The molecule has 1 heterocycles. The molecule has 0 aliphatic carbocycles. The van der Waals surface area contributed by atoms with Gasteiger partial charge in [0.2, 0.25) is 0 Å². The highest BCUT2D eigenvalue weighted by Crippen LogP contribution is 2.35. The number of hydrogen-bond donors (Lipinski definition) is 1. The number of alkyl halides is 3. The largest absolute Gasteiger partial charge is 0.481 e. The van der Waals surface area contributed by atoms with Crippen molar-refractivity contribution in [3.05, 3.63) is 0 Å². The van der Waals surface area contributed by atoms with Crippen LogP contribution in [0.4, 0.5) is 13.2 Å². The number of carbonyl (C=O) groups excluding carboxylic acids is 1. The topological polar surface area (TPSA) is 81.4 Å². The minimum Gasteiger partial charge on any atom is -0.481 e. The van der Waals surface area contributed by atoms with Crippen molar-refractivity contribution >= 4 is 11.9 Å². The molecule has 88 valence electrons. The minimum absolute atomic E-state index is 0.423. The maximum Gasteiger partial charge on any atom is 0.471 e. The molecular weight excluding hydrogens is 229 g/mol. The van der Waals surface area contributed by atoms with Crippen molar-refractivity contribution in [3.8, 4) is 6.07 Å². The Kier molecular flexibility index (Phi) is 2.81. The third-order valence-corrected chi connectivity index (χ3v) is 2.24. The summed E-state index contributed by atoms with van der Waals surface area (Å²) < 4.78 is 35.8. The molecular formula is C8H7F3N2O3. The van der Waals surface area contributed by atoms with E-state index in [2.05, 4.69) is 0 Å². The summed E-state index contributed by atoms with van der Waals surface area (Å²) in [5, 5.41) is 17.1. The first-order valence-corrected chi connectivity index (χ1v) is 4.19. The van der Waals surface area contributed by atoms with Crippen molar-refractivity contribution < 1.29 is 27.9 Å². The lowest BCUT2D eigenvalue weighted by molar-refractivity contribution is -0.194. The molecule has 5 nitrogen and oxygen atoms in total. The van der Waals surface area contributed by atoms with Crippen molar-refractivity contribution in [2.24, 2.45) is 5.41 Å². The number of hydrogen-bond acceptors (Lipinski definition) is 3. The van der Waals surface area contributed by atoms with E-state index >= 15 is 0 Å². The SMILES string of the molecule is N#CC1(CC(=O)O)CN(C(=O)C(F)(F)F)C1. The van der Waals surface area contributed by atoms with Gasteiger partial charge in [0.15, 0.2) is 0 Å². The number of nitrogens with zero attached hydrogens (tertiary/aromatic N) is 2. The fraction of sp³-hybridized carbons (Fsp3) is 0.625. The third-order valence-electron chi connectivity index (χ3n) is 2.24. The van der Waals surface area contributed by atoms with Crippen LogP contribution in [0.2, 0.25) is 0 Å². The summed E-state index contributed by atoms with van der Waals surface area (Å²) in [7, 11) is 0. The summed E-state index contributed by atoms with van der Waals surface area (Å²) in [4.78, 5) is 21.5. The number of carboxylic acids is 1. The van der Waals surface area contributed by atoms with Crippen LogP contribution >= 0.6 is 0 Å². The van der Waals surface area contributed by atoms with Gasteiger partial charge >= 0.3 is 18.1 Å². The Morgan fingerprint density at radius 2 is 1.94 bits per heavy atom. The van der Waals surface area contributed by atoms with E-state index in [-0.39, 0.29) is 0 Å². The van der Waals surface area contributed by atoms with Crippen LogP contribution in [-0.4, -0.2) is 41.1 Å². The van der Waals surface area contributed by atoms with Gasteiger partial charge in [-0.3, -0.25) is 9.59 Å². The Morgan fingerprint density at radius 3 is 2.25 bits per heavy atom. The Labute approximate surface area is 88.1 Å². The highest BCUT2D eigenvalue weighted by Gasteiger charge is 2.53. The molecule has 0 atom stereocenters. The molecule has 1 fully saturated rings. The minimum atomic E-state index is -4.98. The van der Waals surface area contributed by atoms with Gasteiger partial charge < -0.3 is 10.0 Å². The summed E-state index contributed by atoms with van der Waals surface area (Å²) in [5.74, 6) is -3.32. The fourth-order valence-electron chi connectivity index (χ4n) is 1.52. The second-order valence-corrected chi connectivity index (χ2v) is 3.62. The van der Waals surface area contributed by atoms with Crippen LogP contribution in [-0.2, 0) is 9.59 Å². The van der Waals surface area contributed by atoms with Crippen LogP contribution in [0.15, 0.2) is 0 Å². The summed E-state index contributed by atoms with van der Waals surface area (Å²) in [6, 6.07) is 1.64. The predicted molar refractivity (Wildman–Crippen MR) is 42.9 cm³/mol. The summed E-state index contributed by atoms with van der Waals surface area (Å²) in [6.07, 6.45) is -5.55. The molecule has 1 aliphatic heterocycles. The standard InChI is InChI=1S/C8H7F3N2O3/c9-8(10,11)6(16)13-3-7(2-12,4-13)1-5(14)15/h1,3-4H2,(H,14,15). The number of likely N-dealkylation sites (tertiary alicyclic amines) is 1. The first kappa shape index (κ1) is 12.3. The zero-order chi connectivity index (χ0) is 12.6. The predicted octanol–water partition coefficient (Wildman–Crippen LogP) is 0.376. The molecule has 0 radical (unpaired) electrons. The quantitative estimate of drug-likeness (QED) is 0.751. The number of carbonyl (C=O) groups is 2. The normalized spacial score (nSPS) is 18.5. The van der Waals surface area contributed by atoms with Gasteiger partial charge in [0.05, 0.1) is 12.5 Å². The third kappa shape index (κ3) is 2.24. The van der Waals surface area contributed by atoms with Gasteiger partial charge in [-0.25, -0.2) is 0 Å². The highest BCUT2D eigenvalue weighted by molar-refractivity contribution is 5.83. The Morgan fingerprint density at radius 1 is 1.44 bits per heavy atom. The monoisotopic (exact) mass is 236 g/mol. The van der Waals surface area contributed by atoms with Crippen LogP contribution < -0.4 is 0 Å². The Hall–Kier alpha value is -1.78. The van der Waals surface area contributed by atoms with E-state index in [9.17, 15) is 22.8 Å². The van der Waals surface area contributed by atoms with E-state index in [1.54, 1.807) is 6.07 Å². The van der Waals surface area contributed by atoms with Gasteiger partial charge in [-0.2, -0.15) is 18.4 Å². The average molecular weight is 236 g/mol. The summed E-state index contributed by atoms with van der Waals surface area (Å²) in [6.45, 7) is -0.984. The van der Waals surface area contributed by atoms with E-state index < -0.39 is 43.0 Å². The number of carboxylic acid groups (broad SMARTS) is 1. The first-order valence-electron chi connectivity index (χ1n) is 4.19. The molecule has 0 aromatic heterocycles. The fourth-order valence-corrected chi connectivity index (χ4v) is 1.52. The van der Waals surface area contributed by atoms with Crippen molar-refractivity contribution in [2.45, 2.75) is 12.6 Å². The molecule has 0 unspecified atom stereocenters. The molecule has 0 aromatic carbocycles. The molecule has 0 saturated carbocycles. The van der Waals surface area contributed by atoms with Gasteiger partial charge in [-0.15, -0.1) is 0 Å². The van der Waals surface area contributed by atoms with Crippen molar-refractivity contribution in [1.82, 2.24) is 4.90 Å². The number of rotatable bonds is 2. The van der Waals surface area contributed by atoms with Crippen LogP contribution in [0.5, 0.6) is 0 Å². The van der Waals surface area contributed by atoms with Crippen molar-refractivity contribution in [1.29, 1.82) is 5.26 Å². The zero-order valence-electron chi connectivity index (χ0n) is 7.91. The van der Waals surface area contributed by atoms with Gasteiger partial charge in [0.25, 0.3) is 0 Å². The number of aliphatic carboxylic acids is 1. The second kappa shape index (κ2) is 3.66. The van der Waals surface area contributed by atoms with Gasteiger partial charge in [-0.05, 0) is 0 Å². The maximum absolute atomic E-state index is 11.9. The van der Waals surface area contributed by atoms with Crippen LogP contribution in [0.3, 0.4) is 0 Å². The Balaban J connectivity index is 2.63. The van der Waals surface area contributed by atoms with Crippen molar-refractivity contribution in [3.63, 3.8) is 0 Å². The van der Waals surface area contributed by atoms with Gasteiger partial charge in [-0.1, -0.05) is 0 Å². The lowest BCUT2D eigenvalue weighted by Gasteiger charge is -2.44. The van der Waals surface area contributed by atoms with E-state index in [1.807, 2.05) is 0 Å². The molecule has 1 saturated heterocycles. The van der Waals surface area contributed by atoms with Crippen LogP contribution in [0.1, 0.15) is 6.42 Å². The van der Waals surface area contributed by atoms with E-state index in [1.165, 1.54) is 0 Å². The molecule has 0 aromatic rings. The second-order valence-electron chi connectivity index (χ2n) is 3.62. The van der Waals surface area contributed by atoms with Gasteiger partial charge in [0, 0.05) is 13.1 Å². The number of amides is 1. The van der Waals surface area contributed by atoms with E-state index in [0.717, 1.165) is 0 Å². The van der Waals surface area contributed by atoms with Gasteiger partial charge in [0.1, 0.15) is 5.41 Å². The first-order chi connectivity index (χ1) is 7.20. The summed E-state index contributed by atoms with van der Waals surface area (Å²) in [5.41, 5.74) is -1.38. The van der Waals surface area contributed by atoms with Crippen LogP contribution in [0, 0.1) is 16.7 Å².